The molecule has 1 rings (SSSR count). The van der Waals surface area contributed by atoms with Crippen molar-refractivity contribution in [2.75, 3.05) is 7.11 Å². The molecule has 0 saturated heterocycles. The van der Waals surface area contributed by atoms with E-state index >= 15 is 0 Å². The van der Waals surface area contributed by atoms with Crippen LogP contribution in [0.2, 0.25) is 0 Å². The van der Waals surface area contributed by atoms with Crippen LogP contribution >= 0.6 is 0 Å². The lowest BCUT2D eigenvalue weighted by atomic mass is 10.1. The van der Waals surface area contributed by atoms with Crippen molar-refractivity contribution >= 4 is 0 Å². The Hall–Kier alpha value is -1.16. The standard InChI is InChI=1S/C9H10F2O2/c1-5(12)6-3-4-7(13-2)9(11)8(6)10/h3-5,12H,1-2H3. The van der Waals surface area contributed by atoms with Gasteiger partial charge < -0.3 is 9.84 Å². The van der Waals surface area contributed by atoms with E-state index in [1.165, 1.54) is 26.2 Å². The number of hydrogen-bond acceptors (Lipinski definition) is 2. The van der Waals surface area contributed by atoms with Gasteiger partial charge in [-0.2, -0.15) is 4.39 Å². The molecule has 0 aromatic heterocycles. The van der Waals surface area contributed by atoms with Crippen LogP contribution in [-0.2, 0) is 0 Å². The van der Waals surface area contributed by atoms with Crippen LogP contribution in [0.15, 0.2) is 12.1 Å². The molecule has 72 valence electrons. The number of halogens is 2. The van der Waals surface area contributed by atoms with Crippen LogP contribution in [0.5, 0.6) is 5.75 Å². The first-order chi connectivity index (χ1) is 6.07. The van der Waals surface area contributed by atoms with E-state index in [-0.39, 0.29) is 11.3 Å². The second-order valence-electron chi connectivity index (χ2n) is 2.66. The smallest absolute Gasteiger partial charge is 0.200 e. The highest BCUT2D eigenvalue weighted by atomic mass is 19.2. The fraction of sp³-hybridized carbons (Fsp3) is 0.333. The number of rotatable bonds is 2. The van der Waals surface area contributed by atoms with Crippen LogP contribution < -0.4 is 4.74 Å². The minimum Gasteiger partial charge on any atom is -0.494 e. The highest BCUT2D eigenvalue weighted by molar-refractivity contribution is 5.31. The van der Waals surface area contributed by atoms with Crippen LogP contribution in [0.25, 0.3) is 0 Å². The Balaban J connectivity index is 3.23. The quantitative estimate of drug-likeness (QED) is 0.769. The van der Waals surface area contributed by atoms with Crippen molar-refractivity contribution in [3.8, 4) is 5.75 Å². The van der Waals surface area contributed by atoms with Crippen molar-refractivity contribution in [2.24, 2.45) is 0 Å². The number of benzene rings is 1. The van der Waals surface area contributed by atoms with E-state index in [1.807, 2.05) is 0 Å². The molecule has 1 aromatic rings. The number of aliphatic hydroxyl groups excluding tert-OH is 1. The summed E-state index contributed by atoms with van der Waals surface area (Å²) in [6, 6.07) is 2.57. The lowest BCUT2D eigenvalue weighted by molar-refractivity contribution is 0.192. The molecular formula is C9H10F2O2. The maximum atomic E-state index is 13.1. The third-order valence-corrected chi connectivity index (χ3v) is 1.75. The molecule has 2 nitrogen and oxygen atoms in total. The van der Waals surface area contributed by atoms with E-state index < -0.39 is 17.7 Å². The average molecular weight is 188 g/mol. The third kappa shape index (κ3) is 1.78. The van der Waals surface area contributed by atoms with Crippen molar-refractivity contribution in [3.05, 3.63) is 29.3 Å². The Bertz CT molecular complexity index is 311. The molecule has 0 amide bonds. The molecule has 4 heteroatoms. The van der Waals surface area contributed by atoms with E-state index in [9.17, 15) is 8.78 Å². The van der Waals surface area contributed by atoms with Gasteiger partial charge in [-0.1, -0.05) is 0 Å². The van der Waals surface area contributed by atoms with Gasteiger partial charge in [0.2, 0.25) is 5.82 Å². The van der Waals surface area contributed by atoms with Crippen molar-refractivity contribution in [1.29, 1.82) is 0 Å². The van der Waals surface area contributed by atoms with Gasteiger partial charge >= 0.3 is 0 Å². The molecule has 0 aliphatic carbocycles. The number of methoxy groups -OCH3 is 1. The molecular weight excluding hydrogens is 178 g/mol. The highest BCUT2D eigenvalue weighted by Crippen LogP contribution is 2.25. The maximum absolute atomic E-state index is 13.1. The zero-order valence-electron chi connectivity index (χ0n) is 7.34. The minimum absolute atomic E-state index is 0.0710. The molecule has 1 aromatic carbocycles. The summed E-state index contributed by atoms with van der Waals surface area (Å²) in [4.78, 5) is 0. The van der Waals surface area contributed by atoms with E-state index in [0.717, 1.165) is 0 Å². The Morgan fingerprint density at radius 2 is 1.92 bits per heavy atom. The Morgan fingerprint density at radius 3 is 2.38 bits per heavy atom. The number of hydrogen-bond donors (Lipinski definition) is 1. The van der Waals surface area contributed by atoms with Gasteiger partial charge in [-0.3, -0.25) is 0 Å². The highest BCUT2D eigenvalue weighted by Gasteiger charge is 2.16. The molecule has 13 heavy (non-hydrogen) atoms. The number of aliphatic hydroxyl groups is 1. The van der Waals surface area contributed by atoms with Gasteiger partial charge in [0.15, 0.2) is 11.6 Å². The normalized spacial score (nSPS) is 12.7. The molecule has 0 fully saturated rings. The molecule has 0 heterocycles. The molecule has 0 spiro atoms. The van der Waals surface area contributed by atoms with Gasteiger partial charge in [-0.15, -0.1) is 0 Å². The Morgan fingerprint density at radius 1 is 1.31 bits per heavy atom. The third-order valence-electron chi connectivity index (χ3n) is 1.75. The second-order valence-corrected chi connectivity index (χ2v) is 2.66. The van der Waals surface area contributed by atoms with Crippen molar-refractivity contribution in [1.82, 2.24) is 0 Å². The lowest BCUT2D eigenvalue weighted by Crippen LogP contribution is -2.00. The summed E-state index contributed by atoms with van der Waals surface area (Å²) in [5, 5.41) is 9.05. The van der Waals surface area contributed by atoms with Crippen LogP contribution in [0.1, 0.15) is 18.6 Å². The van der Waals surface area contributed by atoms with Gasteiger partial charge in [0.05, 0.1) is 13.2 Å². The molecule has 1 N–H and O–H groups in total. The van der Waals surface area contributed by atoms with Crippen LogP contribution in [0, 0.1) is 11.6 Å². The molecule has 0 bridgehead atoms. The van der Waals surface area contributed by atoms with Crippen molar-refractivity contribution < 1.29 is 18.6 Å². The summed E-state index contributed by atoms with van der Waals surface area (Å²) in [5.41, 5.74) is -0.0710. The zero-order chi connectivity index (χ0) is 10.0. The zero-order valence-corrected chi connectivity index (χ0v) is 7.34. The Kier molecular flexibility index (Phi) is 2.83. The summed E-state index contributed by atoms with van der Waals surface area (Å²) in [7, 11) is 1.25. The Labute approximate surface area is 74.8 Å². The molecule has 1 unspecified atom stereocenters. The number of ether oxygens (including phenoxy) is 1. The topological polar surface area (TPSA) is 29.5 Å². The molecule has 0 saturated carbocycles. The second kappa shape index (κ2) is 3.70. The van der Waals surface area contributed by atoms with E-state index in [0.29, 0.717) is 0 Å². The SMILES string of the molecule is COc1ccc(C(C)O)c(F)c1F. The molecule has 1 atom stereocenters. The van der Waals surface area contributed by atoms with Crippen LogP contribution in [0.3, 0.4) is 0 Å². The van der Waals surface area contributed by atoms with E-state index in [2.05, 4.69) is 4.74 Å². The van der Waals surface area contributed by atoms with E-state index in [1.54, 1.807) is 0 Å². The first kappa shape index (κ1) is 9.92. The van der Waals surface area contributed by atoms with Crippen LogP contribution in [-0.4, -0.2) is 12.2 Å². The fourth-order valence-corrected chi connectivity index (χ4v) is 1.03. The summed E-state index contributed by atoms with van der Waals surface area (Å²) >= 11 is 0. The van der Waals surface area contributed by atoms with Crippen molar-refractivity contribution in [3.63, 3.8) is 0 Å². The summed E-state index contributed by atoms with van der Waals surface area (Å²) in [6.07, 6.45) is -1.03. The van der Waals surface area contributed by atoms with E-state index in [4.69, 9.17) is 5.11 Å². The first-order valence-corrected chi connectivity index (χ1v) is 3.78. The van der Waals surface area contributed by atoms with Gasteiger partial charge in [-0.05, 0) is 19.1 Å². The predicted octanol–water partition coefficient (Wildman–Crippen LogP) is 2.03. The van der Waals surface area contributed by atoms with Crippen LogP contribution in [0.4, 0.5) is 8.78 Å². The molecule has 0 aliphatic rings. The summed E-state index contributed by atoms with van der Waals surface area (Å²) in [6.45, 7) is 1.37. The predicted molar refractivity (Wildman–Crippen MR) is 43.5 cm³/mol. The average Bonchev–Trinajstić information content (AvgIpc) is 2.09. The largest absolute Gasteiger partial charge is 0.494 e. The van der Waals surface area contributed by atoms with Gasteiger partial charge in [-0.25, -0.2) is 4.39 Å². The fourth-order valence-electron chi connectivity index (χ4n) is 1.03. The lowest BCUT2D eigenvalue weighted by Gasteiger charge is -2.08. The maximum Gasteiger partial charge on any atom is 0.200 e. The monoisotopic (exact) mass is 188 g/mol. The summed E-state index contributed by atoms with van der Waals surface area (Å²) < 4.78 is 30.7. The summed E-state index contributed by atoms with van der Waals surface area (Å²) in [5.74, 6) is -2.29. The van der Waals surface area contributed by atoms with Gasteiger partial charge in [0.25, 0.3) is 0 Å². The minimum atomic E-state index is -1.07. The van der Waals surface area contributed by atoms with Gasteiger partial charge in [0.1, 0.15) is 0 Å². The molecule has 0 aliphatic heterocycles. The van der Waals surface area contributed by atoms with Gasteiger partial charge in [0, 0.05) is 5.56 Å². The molecule has 0 radical (unpaired) electrons. The van der Waals surface area contributed by atoms with Crippen molar-refractivity contribution in [2.45, 2.75) is 13.0 Å². The first-order valence-electron chi connectivity index (χ1n) is 3.78.